The van der Waals surface area contributed by atoms with Gasteiger partial charge in [0.25, 0.3) is 0 Å². The minimum atomic E-state index is 0.0884. The Balaban J connectivity index is 1.68. The number of benzene rings is 1. The smallest absolute Gasteiger partial charge is 0.233 e. The normalized spacial score (nSPS) is 14.8. The van der Waals surface area contributed by atoms with Gasteiger partial charge in [0.2, 0.25) is 5.91 Å². The minimum Gasteiger partial charge on any atom is -0.378 e. The van der Waals surface area contributed by atoms with Gasteiger partial charge >= 0.3 is 0 Å². The van der Waals surface area contributed by atoms with E-state index in [1.807, 2.05) is 4.90 Å². The van der Waals surface area contributed by atoms with Crippen molar-refractivity contribution in [3.63, 3.8) is 0 Å². The van der Waals surface area contributed by atoms with Crippen LogP contribution in [0.3, 0.4) is 0 Å². The molecule has 1 fully saturated rings. The van der Waals surface area contributed by atoms with Gasteiger partial charge in [-0.1, -0.05) is 46.3 Å². The van der Waals surface area contributed by atoms with Crippen LogP contribution < -0.4 is 0 Å². The summed E-state index contributed by atoms with van der Waals surface area (Å²) in [7, 11) is 0. The van der Waals surface area contributed by atoms with Gasteiger partial charge in [-0.05, 0) is 30.4 Å². The van der Waals surface area contributed by atoms with E-state index in [-0.39, 0.29) is 5.91 Å². The molecule has 128 valence electrons. The largest absolute Gasteiger partial charge is 0.378 e. The van der Waals surface area contributed by atoms with Crippen molar-refractivity contribution in [2.45, 2.75) is 4.34 Å². The first-order valence-electron chi connectivity index (χ1n) is 7.08. The first-order chi connectivity index (χ1) is 11.5. The maximum absolute atomic E-state index is 12.2. The predicted molar refractivity (Wildman–Crippen MR) is 100 cm³/mol. The van der Waals surface area contributed by atoms with Crippen LogP contribution >= 0.6 is 58.5 Å². The molecule has 2 aromatic rings. The number of ether oxygens (including phenoxy) is 1. The van der Waals surface area contributed by atoms with Gasteiger partial charge in [-0.15, -0.1) is 5.10 Å². The van der Waals surface area contributed by atoms with Crippen LogP contribution in [0.1, 0.15) is 0 Å². The Hall–Kier alpha value is -0.640. The Labute approximate surface area is 162 Å². The molecule has 3 rings (SSSR count). The van der Waals surface area contributed by atoms with E-state index in [9.17, 15) is 4.79 Å². The van der Waals surface area contributed by atoms with Gasteiger partial charge in [0.1, 0.15) is 0 Å². The summed E-state index contributed by atoms with van der Waals surface area (Å²) < 4.78 is 8.21. The second-order valence-corrected chi connectivity index (χ2v) is 8.59. The molecule has 1 aliphatic rings. The average Bonchev–Trinajstić information content (AvgIpc) is 2.97. The molecule has 0 N–H and O–H groups in total. The van der Waals surface area contributed by atoms with Crippen molar-refractivity contribution in [1.82, 2.24) is 14.7 Å². The van der Waals surface area contributed by atoms with Gasteiger partial charge < -0.3 is 9.64 Å². The number of hydrogen-bond acceptors (Lipinski definition) is 6. The third kappa shape index (κ3) is 4.30. The number of amides is 1. The lowest BCUT2D eigenvalue weighted by molar-refractivity contribution is -0.132. The number of halogens is 2. The molecule has 1 amide bonds. The van der Waals surface area contributed by atoms with E-state index in [4.69, 9.17) is 40.2 Å². The molecule has 10 heteroatoms. The molecule has 24 heavy (non-hydrogen) atoms. The molecule has 0 aliphatic carbocycles. The SMILES string of the molecule is O=C(CSc1nn(-c2ccc(Cl)c(Cl)c2)c(=S)s1)N1CCOCC1. The van der Waals surface area contributed by atoms with Crippen LogP contribution in [-0.4, -0.2) is 52.6 Å². The maximum atomic E-state index is 12.2. The van der Waals surface area contributed by atoms with E-state index < -0.39 is 0 Å². The molecule has 1 aromatic heterocycles. The summed E-state index contributed by atoms with van der Waals surface area (Å²) >= 11 is 20.1. The quantitative estimate of drug-likeness (QED) is 0.552. The van der Waals surface area contributed by atoms with Gasteiger partial charge in [-0.2, -0.15) is 0 Å². The molecule has 1 aliphatic heterocycles. The number of carbonyl (C=O) groups is 1. The summed E-state index contributed by atoms with van der Waals surface area (Å²) in [5, 5.41) is 5.39. The predicted octanol–water partition coefficient (Wildman–Crippen LogP) is 3.92. The summed E-state index contributed by atoms with van der Waals surface area (Å²) in [5.74, 6) is 0.425. The number of carbonyl (C=O) groups excluding carboxylic acids is 1. The van der Waals surface area contributed by atoms with Crippen molar-refractivity contribution >= 4 is 64.4 Å². The van der Waals surface area contributed by atoms with Crippen molar-refractivity contribution in [3.05, 3.63) is 32.2 Å². The van der Waals surface area contributed by atoms with E-state index in [0.717, 1.165) is 10.0 Å². The zero-order valence-electron chi connectivity index (χ0n) is 12.4. The highest BCUT2D eigenvalue weighted by Crippen LogP contribution is 2.28. The molecule has 0 radical (unpaired) electrons. The Morgan fingerprint density at radius 1 is 1.33 bits per heavy atom. The number of morpholine rings is 1. The minimum absolute atomic E-state index is 0.0884. The molecule has 0 atom stereocenters. The molecule has 2 heterocycles. The van der Waals surface area contributed by atoms with Crippen LogP contribution in [0.2, 0.25) is 10.0 Å². The fourth-order valence-electron chi connectivity index (χ4n) is 2.13. The highest BCUT2D eigenvalue weighted by molar-refractivity contribution is 8.01. The van der Waals surface area contributed by atoms with E-state index in [0.29, 0.717) is 46.1 Å². The fraction of sp³-hybridized carbons (Fsp3) is 0.357. The second kappa shape index (κ2) is 8.16. The summed E-state index contributed by atoms with van der Waals surface area (Å²) in [5.41, 5.74) is 0.747. The average molecular weight is 422 g/mol. The molecule has 0 bridgehead atoms. The van der Waals surface area contributed by atoms with Crippen LogP contribution in [0, 0.1) is 3.95 Å². The van der Waals surface area contributed by atoms with Crippen LogP contribution in [0.25, 0.3) is 5.69 Å². The first kappa shape index (κ1) is 18.2. The number of hydrogen-bond donors (Lipinski definition) is 0. The number of aromatic nitrogens is 2. The third-order valence-corrected chi connectivity index (χ3v) is 6.45. The van der Waals surface area contributed by atoms with E-state index >= 15 is 0 Å². The van der Waals surface area contributed by atoms with E-state index in [1.54, 1.807) is 22.9 Å². The molecule has 1 aromatic carbocycles. The number of rotatable bonds is 4. The first-order valence-corrected chi connectivity index (χ1v) is 10.0. The highest BCUT2D eigenvalue weighted by Gasteiger charge is 2.18. The molecule has 0 saturated carbocycles. The van der Waals surface area contributed by atoms with Gasteiger partial charge in [0.05, 0.1) is 34.7 Å². The zero-order valence-corrected chi connectivity index (χ0v) is 16.4. The molecule has 0 spiro atoms. The van der Waals surface area contributed by atoms with Gasteiger partial charge in [-0.3, -0.25) is 4.79 Å². The Bertz CT molecular complexity index is 803. The van der Waals surface area contributed by atoms with Crippen LogP contribution in [0.4, 0.5) is 0 Å². The lowest BCUT2D eigenvalue weighted by Crippen LogP contribution is -2.41. The monoisotopic (exact) mass is 421 g/mol. The van der Waals surface area contributed by atoms with Crippen molar-refractivity contribution in [3.8, 4) is 5.69 Å². The van der Waals surface area contributed by atoms with Gasteiger partial charge in [-0.25, -0.2) is 4.68 Å². The van der Waals surface area contributed by atoms with Crippen molar-refractivity contribution in [1.29, 1.82) is 0 Å². The van der Waals surface area contributed by atoms with E-state index in [1.165, 1.54) is 23.1 Å². The summed E-state index contributed by atoms with van der Waals surface area (Å²) in [6.07, 6.45) is 0. The number of nitrogens with zero attached hydrogens (tertiary/aromatic N) is 3. The van der Waals surface area contributed by atoms with Crippen LogP contribution in [0.15, 0.2) is 22.5 Å². The Morgan fingerprint density at radius 2 is 2.08 bits per heavy atom. The number of thioether (sulfide) groups is 1. The zero-order chi connectivity index (χ0) is 17.1. The lowest BCUT2D eigenvalue weighted by Gasteiger charge is -2.26. The molecular formula is C14H13Cl2N3O2S3. The van der Waals surface area contributed by atoms with E-state index in [2.05, 4.69) is 5.10 Å². The Morgan fingerprint density at radius 3 is 2.79 bits per heavy atom. The van der Waals surface area contributed by atoms with Crippen LogP contribution in [-0.2, 0) is 9.53 Å². The van der Waals surface area contributed by atoms with Gasteiger partial charge in [0, 0.05) is 13.1 Å². The topological polar surface area (TPSA) is 47.4 Å². The maximum Gasteiger partial charge on any atom is 0.233 e. The molecule has 0 unspecified atom stereocenters. The fourth-order valence-corrected chi connectivity index (χ4v) is 4.68. The standard InChI is InChI=1S/C14H13Cl2N3O2S3/c15-10-2-1-9(7-11(10)16)19-14(22)24-13(17-19)23-8-12(20)18-3-5-21-6-4-18/h1-2,7H,3-6,8H2. The van der Waals surface area contributed by atoms with Gasteiger partial charge in [0.15, 0.2) is 8.29 Å². The Kier molecular flexibility index (Phi) is 6.17. The van der Waals surface area contributed by atoms with Crippen LogP contribution in [0.5, 0.6) is 0 Å². The molecular weight excluding hydrogens is 409 g/mol. The van der Waals surface area contributed by atoms with Crippen molar-refractivity contribution in [2.75, 3.05) is 32.1 Å². The lowest BCUT2D eigenvalue weighted by atomic mass is 10.3. The third-order valence-electron chi connectivity index (χ3n) is 3.36. The van der Waals surface area contributed by atoms with Crippen molar-refractivity contribution < 1.29 is 9.53 Å². The molecule has 1 saturated heterocycles. The summed E-state index contributed by atoms with van der Waals surface area (Å²) in [6, 6.07) is 5.22. The van der Waals surface area contributed by atoms with Crippen molar-refractivity contribution in [2.24, 2.45) is 0 Å². The second-order valence-electron chi connectivity index (χ2n) is 4.93. The summed E-state index contributed by atoms with van der Waals surface area (Å²) in [4.78, 5) is 14.0. The highest BCUT2D eigenvalue weighted by atomic mass is 35.5. The molecule has 5 nitrogen and oxygen atoms in total. The summed E-state index contributed by atoms with van der Waals surface area (Å²) in [6.45, 7) is 2.49.